The zero-order valence-corrected chi connectivity index (χ0v) is 24.6. The number of methoxy groups -OCH3 is 1. The van der Waals surface area contributed by atoms with Crippen LogP contribution in [0.15, 0.2) is 11.6 Å². The number of carbonyl (C=O) groups excluding carboxylic acids is 1. The molecule has 0 saturated heterocycles. The maximum absolute atomic E-state index is 12.6. The van der Waals surface area contributed by atoms with E-state index in [9.17, 15) is 4.79 Å². The lowest BCUT2D eigenvalue weighted by atomic mass is 9.47. The summed E-state index contributed by atoms with van der Waals surface area (Å²) in [5, 5.41) is 0. The molecule has 4 heteroatoms. The predicted molar refractivity (Wildman–Crippen MR) is 143 cm³/mol. The van der Waals surface area contributed by atoms with E-state index in [1.165, 1.54) is 38.5 Å². The first kappa shape index (κ1) is 26.4. The third kappa shape index (κ3) is 3.88. The van der Waals surface area contributed by atoms with Gasteiger partial charge < -0.3 is 9.16 Å². The predicted octanol–water partition coefficient (Wildman–Crippen LogP) is 8.30. The summed E-state index contributed by atoms with van der Waals surface area (Å²) < 4.78 is 12.5. The second-order valence-corrected chi connectivity index (χ2v) is 19.2. The number of ether oxygens (including phenoxy) is 1. The van der Waals surface area contributed by atoms with E-state index in [4.69, 9.17) is 9.16 Å². The SMILES string of the molecule is COC(=O)[C@H]1CC[C@H]2[C@@H]3CC=C4C[C@@H](O[Si](C(C)C)(C(C)C)C(C)C)CC[C@]4(C)[C@H]3CC[C@]12C. The Balaban J connectivity index is 1.54. The maximum atomic E-state index is 12.6. The molecular weight excluding hydrogens is 436 g/mol. The molecule has 0 aliphatic heterocycles. The van der Waals surface area contributed by atoms with Crippen molar-refractivity contribution in [1.82, 2.24) is 0 Å². The summed E-state index contributed by atoms with van der Waals surface area (Å²) in [5.41, 5.74) is 4.10. The molecule has 0 spiro atoms. The van der Waals surface area contributed by atoms with Gasteiger partial charge in [0.2, 0.25) is 8.32 Å². The minimum atomic E-state index is -1.85. The zero-order valence-electron chi connectivity index (χ0n) is 23.6. The molecule has 0 aromatic carbocycles. The number of fused-ring (bicyclic) bond motifs is 5. The Bertz CT molecular complexity index is 779. The molecule has 0 amide bonds. The molecule has 7 atom stereocenters. The lowest BCUT2D eigenvalue weighted by Crippen LogP contribution is -2.53. The number of hydrogen-bond donors (Lipinski definition) is 0. The van der Waals surface area contributed by atoms with Crippen molar-refractivity contribution in [3.8, 4) is 0 Å². The quantitative estimate of drug-likeness (QED) is 0.214. The molecule has 0 N–H and O–H groups in total. The fraction of sp³-hybridized carbons (Fsp3) is 0.900. The van der Waals surface area contributed by atoms with E-state index >= 15 is 0 Å². The molecule has 4 aliphatic rings. The topological polar surface area (TPSA) is 35.5 Å². The third-order valence-electron chi connectivity index (χ3n) is 11.6. The lowest BCUT2D eigenvalue weighted by molar-refractivity contribution is -0.152. The summed E-state index contributed by atoms with van der Waals surface area (Å²) in [5.74, 6) is 2.31. The van der Waals surface area contributed by atoms with Gasteiger partial charge in [0.1, 0.15) is 0 Å². The van der Waals surface area contributed by atoms with Gasteiger partial charge in [0.15, 0.2) is 0 Å². The molecule has 0 bridgehead atoms. The minimum absolute atomic E-state index is 0.0347. The van der Waals surface area contributed by atoms with Crippen molar-refractivity contribution in [2.24, 2.45) is 34.5 Å². The fourth-order valence-corrected chi connectivity index (χ4v) is 15.5. The highest BCUT2D eigenvalue weighted by Gasteiger charge is 2.60. The normalized spacial score (nSPS) is 40.1. The summed E-state index contributed by atoms with van der Waals surface area (Å²) >= 11 is 0. The molecule has 0 radical (unpaired) electrons. The van der Waals surface area contributed by atoms with Crippen LogP contribution in [0.25, 0.3) is 0 Å². The van der Waals surface area contributed by atoms with Crippen LogP contribution >= 0.6 is 0 Å². The molecule has 0 aromatic heterocycles. The zero-order chi connectivity index (χ0) is 25.1. The van der Waals surface area contributed by atoms with Crippen molar-refractivity contribution in [1.29, 1.82) is 0 Å². The second-order valence-electron chi connectivity index (χ2n) is 13.8. The van der Waals surface area contributed by atoms with Gasteiger partial charge in [-0.15, -0.1) is 0 Å². The van der Waals surface area contributed by atoms with Crippen LogP contribution in [0, 0.1) is 34.5 Å². The van der Waals surface area contributed by atoms with Gasteiger partial charge in [-0.2, -0.15) is 0 Å². The smallest absolute Gasteiger partial charge is 0.309 e. The van der Waals surface area contributed by atoms with Crippen LogP contribution in [-0.4, -0.2) is 27.5 Å². The molecule has 0 aromatic rings. The van der Waals surface area contributed by atoms with Crippen LogP contribution in [0.4, 0.5) is 0 Å². The van der Waals surface area contributed by atoms with Crippen LogP contribution < -0.4 is 0 Å². The van der Waals surface area contributed by atoms with Gasteiger partial charge in [-0.25, -0.2) is 0 Å². The second kappa shape index (κ2) is 9.36. The highest BCUT2D eigenvalue weighted by molar-refractivity contribution is 6.77. The van der Waals surface area contributed by atoms with E-state index in [2.05, 4.69) is 61.5 Å². The van der Waals surface area contributed by atoms with Crippen LogP contribution in [0.5, 0.6) is 0 Å². The Kier molecular flexibility index (Phi) is 7.28. The summed E-state index contributed by atoms with van der Waals surface area (Å²) in [4.78, 5) is 12.6. The maximum Gasteiger partial charge on any atom is 0.309 e. The fourth-order valence-electron chi connectivity index (χ4n) is 9.95. The molecule has 3 fully saturated rings. The largest absolute Gasteiger partial charge is 0.469 e. The first-order chi connectivity index (χ1) is 15.9. The number of allylic oxidation sites excluding steroid dienone is 1. The highest BCUT2D eigenvalue weighted by atomic mass is 28.4. The van der Waals surface area contributed by atoms with Gasteiger partial charge in [-0.05, 0) is 96.6 Å². The van der Waals surface area contributed by atoms with Crippen LogP contribution in [0.1, 0.15) is 107 Å². The summed E-state index contributed by atoms with van der Waals surface area (Å²) in [6.07, 6.45) is 12.6. The molecule has 0 unspecified atom stereocenters. The monoisotopic (exact) mass is 488 g/mol. The first-order valence-corrected chi connectivity index (χ1v) is 16.5. The Morgan fingerprint density at radius 2 is 1.59 bits per heavy atom. The van der Waals surface area contributed by atoms with E-state index in [0.717, 1.165) is 24.7 Å². The standard InChI is InChI=1S/C30H52O3Si/c1-19(2)34(20(3)4,21(5)6)33-23-14-16-29(7)22(18-23)10-11-24-25-12-13-27(28(31)32-9)30(25,8)17-15-26(24)29/h10,19-21,23-27H,11-18H2,1-9H3/t23-,24-,25-,26-,27+,29-,30-/m0/s1. The Morgan fingerprint density at radius 1 is 0.941 bits per heavy atom. The minimum Gasteiger partial charge on any atom is -0.469 e. The molecule has 4 aliphatic carbocycles. The van der Waals surface area contributed by atoms with Crippen molar-refractivity contribution >= 4 is 14.3 Å². The van der Waals surface area contributed by atoms with Crippen molar-refractivity contribution in [3.05, 3.63) is 11.6 Å². The Labute approximate surface area is 211 Å². The van der Waals surface area contributed by atoms with Crippen molar-refractivity contribution in [2.45, 2.75) is 129 Å². The molecule has 3 saturated carbocycles. The number of carbonyl (C=O) groups is 1. The lowest BCUT2D eigenvalue weighted by Gasteiger charge is -2.58. The van der Waals surface area contributed by atoms with E-state index < -0.39 is 8.32 Å². The van der Waals surface area contributed by atoms with E-state index in [-0.39, 0.29) is 17.3 Å². The Hall–Kier alpha value is -0.613. The number of rotatable bonds is 6. The number of hydrogen-bond acceptors (Lipinski definition) is 3. The Morgan fingerprint density at radius 3 is 2.18 bits per heavy atom. The van der Waals surface area contributed by atoms with Gasteiger partial charge in [0.05, 0.1) is 13.0 Å². The molecule has 0 heterocycles. The first-order valence-electron chi connectivity index (χ1n) is 14.4. The molecule has 194 valence electrons. The van der Waals surface area contributed by atoms with Gasteiger partial charge in [0.25, 0.3) is 0 Å². The highest BCUT2D eigenvalue weighted by Crippen LogP contribution is 2.66. The average molecular weight is 489 g/mol. The molecular formula is C30H52O3Si. The summed E-state index contributed by atoms with van der Waals surface area (Å²) in [7, 11) is -0.284. The molecule has 34 heavy (non-hydrogen) atoms. The van der Waals surface area contributed by atoms with Crippen molar-refractivity contribution < 1.29 is 14.0 Å². The van der Waals surface area contributed by atoms with E-state index in [1.54, 1.807) is 12.7 Å². The summed E-state index contributed by atoms with van der Waals surface area (Å²) in [6.45, 7) is 19.4. The van der Waals surface area contributed by atoms with Crippen LogP contribution in [0.3, 0.4) is 0 Å². The summed E-state index contributed by atoms with van der Waals surface area (Å²) in [6, 6.07) is 0. The van der Waals surface area contributed by atoms with Gasteiger partial charge in [0, 0.05) is 6.10 Å². The van der Waals surface area contributed by atoms with Crippen LogP contribution in [0.2, 0.25) is 16.6 Å². The molecule has 4 rings (SSSR count). The van der Waals surface area contributed by atoms with E-state index in [0.29, 0.717) is 34.1 Å². The number of esters is 1. The van der Waals surface area contributed by atoms with Gasteiger partial charge in [-0.3, -0.25) is 4.79 Å². The molecule has 3 nitrogen and oxygen atoms in total. The van der Waals surface area contributed by atoms with Crippen LogP contribution in [-0.2, 0) is 14.0 Å². The van der Waals surface area contributed by atoms with Crippen molar-refractivity contribution in [3.63, 3.8) is 0 Å². The van der Waals surface area contributed by atoms with Crippen molar-refractivity contribution in [2.75, 3.05) is 7.11 Å². The third-order valence-corrected chi connectivity index (χ3v) is 17.8. The van der Waals surface area contributed by atoms with E-state index in [1.807, 2.05) is 0 Å². The van der Waals surface area contributed by atoms with Gasteiger partial charge >= 0.3 is 5.97 Å². The van der Waals surface area contributed by atoms with Gasteiger partial charge in [-0.1, -0.05) is 67.0 Å². The average Bonchev–Trinajstić information content (AvgIpc) is 3.13.